The summed E-state index contributed by atoms with van der Waals surface area (Å²) < 4.78 is 5.86. The van der Waals surface area contributed by atoms with Gasteiger partial charge in [-0.25, -0.2) is 0 Å². The normalized spacial score (nSPS) is 10.4. The van der Waals surface area contributed by atoms with Crippen LogP contribution in [-0.2, 0) is 11.2 Å². The SMILES string of the molecule is O=C(CCc1ccc(Cl)c(Cl)c1)Nc1ccccc1Oc1ccccc1. The summed E-state index contributed by atoms with van der Waals surface area (Å²) in [6, 6.07) is 22.2. The fraction of sp³-hybridized carbons (Fsp3) is 0.0952. The number of aryl methyl sites for hydroxylation is 1. The minimum absolute atomic E-state index is 0.0971. The fourth-order valence-electron chi connectivity index (χ4n) is 2.44. The van der Waals surface area contributed by atoms with Crippen LogP contribution in [0, 0.1) is 0 Å². The second-order valence-corrected chi connectivity index (χ2v) is 6.52. The largest absolute Gasteiger partial charge is 0.455 e. The Morgan fingerprint density at radius 2 is 1.62 bits per heavy atom. The number of para-hydroxylation sites is 3. The lowest BCUT2D eigenvalue weighted by atomic mass is 10.1. The van der Waals surface area contributed by atoms with Gasteiger partial charge in [-0.2, -0.15) is 0 Å². The van der Waals surface area contributed by atoms with Crippen molar-refractivity contribution in [2.24, 2.45) is 0 Å². The van der Waals surface area contributed by atoms with E-state index in [1.54, 1.807) is 12.1 Å². The fourth-order valence-corrected chi connectivity index (χ4v) is 2.76. The molecule has 0 saturated carbocycles. The summed E-state index contributed by atoms with van der Waals surface area (Å²) in [5.74, 6) is 1.21. The molecule has 5 heteroatoms. The van der Waals surface area contributed by atoms with E-state index in [0.717, 1.165) is 5.56 Å². The Hall–Kier alpha value is -2.49. The molecule has 0 aliphatic heterocycles. The molecule has 0 spiro atoms. The van der Waals surface area contributed by atoms with Gasteiger partial charge in [-0.1, -0.05) is 59.6 Å². The molecule has 0 aliphatic rings. The Morgan fingerprint density at radius 3 is 2.38 bits per heavy atom. The van der Waals surface area contributed by atoms with Gasteiger partial charge in [0.15, 0.2) is 5.75 Å². The lowest BCUT2D eigenvalue weighted by Gasteiger charge is -2.12. The monoisotopic (exact) mass is 385 g/mol. The zero-order chi connectivity index (χ0) is 18.4. The van der Waals surface area contributed by atoms with Gasteiger partial charge in [-0.05, 0) is 48.4 Å². The molecule has 0 aromatic heterocycles. The number of benzene rings is 3. The lowest BCUT2D eigenvalue weighted by Crippen LogP contribution is -2.13. The van der Waals surface area contributed by atoms with Gasteiger partial charge in [-0.15, -0.1) is 0 Å². The highest BCUT2D eigenvalue weighted by Crippen LogP contribution is 2.29. The number of carbonyl (C=O) groups excluding carboxylic acids is 1. The van der Waals surface area contributed by atoms with E-state index in [4.69, 9.17) is 27.9 Å². The van der Waals surface area contributed by atoms with E-state index < -0.39 is 0 Å². The number of hydrogen-bond acceptors (Lipinski definition) is 2. The number of carbonyl (C=O) groups is 1. The van der Waals surface area contributed by atoms with Crippen molar-refractivity contribution < 1.29 is 9.53 Å². The maximum atomic E-state index is 12.3. The highest BCUT2D eigenvalue weighted by molar-refractivity contribution is 6.42. The van der Waals surface area contributed by atoms with Crippen molar-refractivity contribution in [3.8, 4) is 11.5 Å². The Morgan fingerprint density at radius 1 is 0.885 bits per heavy atom. The smallest absolute Gasteiger partial charge is 0.224 e. The molecule has 0 unspecified atom stereocenters. The van der Waals surface area contributed by atoms with Crippen molar-refractivity contribution in [3.05, 3.63) is 88.4 Å². The molecule has 132 valence electrons. The topological polar surface area (TPSA) is 38.3 Å². The van der Waals surface area contributed by atoms with Gasteiger partial charge in [-0.3, -0.25) is 4.79 Å². The molecule has 3 aromatic carbocycles. The standard InChI is InChI=1S/C21H17Cl2NO2/c22-17-12-10-15(14-18(17)23)11-13-21(25)24-19-8-4-5-9-20(19)26-16-6-2-1-3-7-16/h1-10,12,14H,11,13H2,(H,24,25). The quantitative estimate of drug-likeness (QED) is 0.536. The predicted molar refractivity (Wildman–Crippen MR) is 106 cm³/mol. The van der Waals surface area contributed by atoms with Gasteiger partial charge in [0.25, 0.3) is 0 Å². The molecule has 0 fully saturated rings. The first-order valence-corrected chi connectivity index (χ1v) is 8.93. The van der Waals surface area contributed by atoms with E-state index in [1.807, 2.05) is 60.7 Å². The number of amides is 1. The van der Waals surface area contributed by atoms with Crippen LogP contribution < -0.4 is 10.1 Å². The van der Waals surface area contributed by atoms with Gasteiger partial charge < -0.3 is 10.1 Å². The van der Waals surface area contributed by atoms with E-state index >= 15 is 0 Å². The second-order valence-electron chi connectivity index (χ2n) is 5.71. The third-order valence-corrected chi connectivity index (χ3v) is 4.50. The Balaban J connectivity index is 1.63. The molecular weight excluding hydrogens is 369 g/mol. The van der Waals surface area contributed by atoms with Crippen LogP contribution in [-0.4, -0.2) is 5.91 Å². The zero-order valence-corrected chi connectivity index (χ0v) is 15.4. The van der Waals surface area contributed by atoms with Crippen LogP contribution in [0.2, 0.25) is 10.0 Å². The van der Waals surface area contributed by atoms with Crippen molar-refractivity contribution in [3.63, 3.8) is 0 Å². The summed E-state index contributed by atoms with van der Waals surface area (Å²) >= 11 is 11.9. The minimum Gasteiger partial charge on any atom is -0.455 e. The van der Waals surface area contributed by atoms with Crippen molar-refractivity contribution >= 4 is 34.8 Å². The summed E-state index contributed by atoms with van der Waals surface area (Å²) in [6.45, 7) is 0. The zero-order valence-electron chi connectivity index (χ0n) is 13.9. The van der Waals surface area contributed by atoms with E-state index in [-0.39, 0.29) is 5.91 Å². The van der Waals surface area contributed by atoms with Gasteiger partial charge in [0.1, 0.15) is 5.75 Å². The Bertz CT molecular complexity index is 898. The van der Waals surface area contributed by atoms with Crippen LogP contribution in [0.25, 0.3) is 0 Å². The highest BCUT2D eigenvalue weighted by atomic mass is 35.5. The van der Waals surface area contributed by atoms with Crippen molar-refractivity contribution in [1.82, 2.24) is 0 Å². The van der Waals surface area contributed by atoms with Gasteiger partial charge >= 0.3 is 0 Å². The molecule has 0 saturated heterocycles. The maximum Gasteiger partial charge on any atom is 0.224 e. The molecule has 0 bridgehead atoms. The molecular formula is C21H17Cl2NO2. The van der Waals surface area contributed by atoms with E-state index in [9.17, 15) is 4.79 Å². The van der Waals surface area contributed by atoms with Crippen LogP contribution in [0.15, 0.2) is 72.8 Å². The summed E-state index contributed by atoms with van der Waals surface area (Å²) in [7, 11) is 0. The first-order chi connectivity index (χ1) is 12.6. The molecule has 0 atom stereocenters. The highest BCUT2D eigenvalue weighted by Gasteiger charge is 2.09. The molecule has 3 nitrogen and oxygen atoms in total. The van der Waals surface area contributed by atoms with E-state index in [2.05, 4.69) is 5.32 Å². The number of hydrogen-bond donors (Lipinski definition) is 1. The summed E-state index contributed by atoms with van der Waals surface area (Å²) in [5.41, 5.74) is 1.60. The number of anilines is 1. The molecule has 0 heterocycles. The van der Waals surface area contributed by atoms with Gasteiger partial charge in [0, 0.05) is 6.42 Å². The van der Waals surface area contributed by atoms with Gasteiger partial charge in [0.05, 0.1) is 15.7 Å². The summed E-state index contributed by atoms with van der Waals surface area (Å²) in [6.07, 6.45) is 0.905. The van der Waals surface area contributed by atoms with E-state index in [0.29, 0.717) is 40.1 Å². The first-order valence-electron chi connectivity index (χ1n) is 8.17. The molecule has 0 radical (unpaired) electrons. The van der Waals surface area contributed by atoms with Crippen LogP contribution >= 0.6 is 23.2 Å². The van der Waals surface area contributed by atoms with Crippen LogP contribution in [0.3, 0.4) is 0 Å². The van der Waals surface area contributed by atoms with E-state index in [1.165, 1.54) is 0 Å². The number of rotatable bonds is 6. The van der Waals surface area contributed by atoms with Crippen LogP contribution in [0.1, 0.15) is 12.0 Å². The molecule has 1 amide bonds. The lowest BCUT2D eigenvalue weighted by molar-refractivity contribution is -0.116. The van der Waals surface area contributed by atoms with Crippen molar-refractivity contribution in [2.75, 3.05) is 5.32 Å². The second kappa shape index (κ2) is 8.75. The van der Waals surface area contributed by atoms with Crippen LogP contribution in [0.4, 0.5) is 5.69 Å². The average molecular weight is 386 g/mol. The molecule has 3 aromatic rings. The number of halogens is 2. The Kier molecular flexibility index (Phi) is 6.16. The third-order valence-electron chi connectivity index (χ3n) is 3.76. The molecule has 0 aliphatic carbocycles. The summed E-state index contributed by atoms with van der Waals surface area (Å²) in [5, 5.41) is 3.90. The molecule has 1 N–H and O–H groups in total. The summed E-state index contributed by atoms with van der Waals surface area (Å²) in [4.78, 5) is 12.3. The predicted octanol–water partition coefficient (Wildman–Crippen LogP) is 6.36. The first kappa shape index (κ1) is 18.3. The average Bonchev–Trinajstić information content (AvgIpc) is 2.65. The molecule has 3 rings (SSSR count). The Labute approximate surface area is 162 Å². The van der Waals surface area contributed by atoms with Crippen molar-refractivity contribution in [1.29, 1.82) is 0 Å². The number of nitrogens with one attached hydrogen (secondary N) is 1. The van der Waals surface area contributed by atoms with Crippen LogP contribution in [0.5, 0.6) is 11.5 Å². The minimum atomic E-state index is -0.0971. The van der Waals surface area contributed by atoms with Crippen molar-refractivity contribution in [2.45, 2.75) is 12.8 Å². The molecule has 26 heavy (non-hydrogen) atoms. The van der Waals surface area contributed by atoms with Gasteiger partial charge in [0.2, 0.25) is 5.91 Å². The number of ether oxygens (including phenoxy) is 1. The maximum absolute atomic E-state index is 12.3. The third kappa shape index (κ3) is 5.01.